The molecule has 2 aromatic heterocycles. The smallest absolute Gasteiger partial charge is 0.227 e. The van der Waals surface area contributed by atoms with E-state index in [4.69, 9.17) is 0 Å². The molecule has 0 spiro atoms. The van der Waals surface area contributed by atoms with Crippen molar-refractivity contribution in [3.8, 4) is 10.6 Å². The van der Waals surface area contributed by atoms with Crippen LogP contribution in [0.5, 0.6) is 0 Å². The van der Waals surface area contributed by atoms with Gasteiger partial charge in [0.15, 0.2) is 5.82 Å². The first-order chi connectivity index (χ1) is 14.3. The van der Waals surface area contributed by atoms with Gasteiger partial charge < -0.3 is 9.80 Å². The van der Waals surface area contributed by atoms with E-state index in [9.17, 15) is 4.79 Å². The summed E-state index contributed by atoms with van der Waals surface area (Å²) in [6.07, 6.45) is 2.91. The van der Waals surface area contributed by atoms with Gasteiger partial charge in [-0.3, -0.25) is 4.79 Å². The lowest BCUT2D eigenvalue weighted by Crippen LogP contribution is -2.46. The van der Waals surface area contributed by atoms with Gasteiger partial charge in [-0.05, 0) is 54.0 Å². The highest BCUT2D eigenvalue weighted by Gasteiger charge is 2.31. The zero-order valence-corrected chi connectivity index (χ0v) is 17.1. The van der Waals surface area contributed by atoms with Gasteiger partial charge in [0.2, 0.25) is 5.91 Å². The average molecular weight is 405 g/mol. The van der Waals surface area contributed by atoms with Gasteiger partial charge in [-0.2, -0.15) is 0 Å². The number of hydrogen-bond donors (Lipinski definition) is 0. The maximum absolute atomic E-state index is 13.2. The van der Waals surface area contributed by atoms with E-state index in [0.29, 0.717) is 0 Å². The fourth-order valence-electron chi connectivity index (χ4n) is 4.38. The SMILES string of the molecule is O=C(C1CCCN(c2ccc(-c3cccs3)nn2)C1)N1CCc2ccccc2C1. The van der Waals surface area contributed by atoms with Gasteiger partial charge in [0.25, 0.3) is 0 Å². The quantitative estimate of drug-likeness (QED) is 0.662. The Morgan fingerprint density at radius 3 is 2.69 bits per heavy atom. The zero-order valence-electron chi connectivity index (χ0n) is 16.3. The number of thiophene rings is 1. The van der Waals surface area contributed by atoms with Crippen LogP contribution in [-0.2, 0) is 17.8 Å². The summed E-state index contributed by atoms with van der Waals surface area (Å²) in [5.74, 6) is 1.19. The van der Waals surface area contributed by atoms with Crippen LogP contribution in [0.25, 0.3) is 10.6 Å². The molecule has 5 nitrogen and oxygen atoms in total. The molecule has 0 radical (unpaired) electrons. The predicted octanol–water partition coefficient (Wildman–Crippen LogP) is 4.01. The number of piperidine rings is 1. The minimum absolute atomic E-state index is 0.0350. The lowest BCUT2D eigenvalue weighted by atomic mass is 9.94. The number of anilines is 1. The van der Waals surface area contributed by atoms with Crippen molar-refractivity contribution in [3.63, 3.8) is 0 Å². The standard InChI is InChI=1S/C23H24N4OS/c28-23(27-13-11-17-5-1-2-6-18(17)15-27)19-7-3-12-26(16-19)22-10-9-20(24-25-22)21-8-4-14-29-21/h1-2,4-6,8-10,14,19H,3,7,11-13,15-16H2. The van der Waals surface area contributed by atoms with Crippen LogP contribution in [-0.4, -0.2) is 40.6 Å². The second-order valence-corrected chi connectivity index (χ2v) is 8.77. The van der Waals surface area contributed by atoms with Crippen LogP contribution in [0.4, 0.5) is 5.82 Å². The van der Waals surface area contributed by atoms with E-state index in [1.165, 1.54) is 11.1 Å². The van der Waals surface area contributed by atoms with Crippen molar-refractivity contribution in [3.05, 3.63) is 65.0 Å². The maximum Gasteiger partial charge on any atom is 0.227 e. The average Bonchev–Trinajstić information content (AvgIpc) is 3.33. The van der Waals surface area contributed by atoms with Gasteiger partial charge in [-0.15, -0.1) is 21.5 Å². The second kappa shape index (κ2) is 7.95. The van der Waals surface area contributed by atoms with Crippen molar-refractivity contribution in [1.82, 2.24) is 15.1 Å². The first-order valence-corrected chi connectivity index (χ1v) is 11.1. The Morgan fingerprint density at radius 1 is 1.00 bits per heavy atom. The summed E-state index contributed by atoms with van der Waals surface area (Å²) in [6.45, 7) is 3.21. The van der Waals surface area contributed by atoms with Gasteiger partial charge in [0, 0.05) is 26.2 Å². The molecule has 0 saturated carbocycles. The number of carbonyl (C=O) groups excluding carboxylic acids is 1. The predicted molar refractivity (Wildman–Crippen MR) is 116 cm³/mol. The summed E-state index contributed by atoms with van der Waals surface area (Å²) >= 11 is 1.67. The van der Waals surface area contributed by atoms with E-state index in [1.807, 2.05) is 28.5 Å². The molecule has 1 fully saturated rings. The monoisotopic (exact) mass is 404 g/mol. The van der Waals surface area contributed by atoms with Crippen molar-refractivity contribution >= 4 is 23.1 Å². The molecule has 1 aromatic carbocycles. The van der Waals surface area contributed by atoms with E-state index in [1.54, 1.807) is 11.3 Å². The molecule has 1 amide bonds. The summed E-state index contributed by atoms with van der Waals surface area (Å²) in [5, 5.41) is 10.9. The molecule has 1 saturated heterocycles. The van der Waals surface area contributed by atoms with Gasteiger partial charge in [0.05, 0.1) is 10.8 Å². The van der Waals surface area contributed by atoms with Crippen LogP contribution in [0, 0.1) is 5.92 Å². The van der Waals surface area contributed by atoms with E-state index in [0.717, 1.165) is 61.8 Å². The molecule has 6 heteroatoms. The van der Waals surface area contributed by atoms with Crippen LogP contribution in [0.1, 0.15) is 24.0 Å². The first-order valence-electron chi connectivity index (χ1n) is 10.3. The molecule has 0 N–H and O–H groups in total. The maximum atomic E-state index is 13.2. The van der Waals surface area contributed by atoms with Crippen molar-refractivity contribution in [2.75, 3.05) is 24.5 Å². The lowest BCUT2D eigenvalue weighted by molar-refractivity contribution is -0.136. The Bertz CT molecular complexity index is 986. The van der Waals surface area contributed by atoms with Crippen LogP contribution in [0.2, 0.25) is 0 Å². The zero-order chi connectivity index (χ0) is 19.6. The van der Waals surface area contributed by atoms with Crippen molar-refractivity contribution < 1.29 is 4.79 Å². The number of carbonyl (C=O) groups is 1. The summed E-state index contributed by atoms with van der Waals surface area (Å²) in [7, 11) is 0. The number of rotatable bonds is 3. The molecule has 3 aromatic rings. The topological polar surface area (TPSA) is 49.3 Å². The highest BCUT2D eigenvalue weighted by molar-refractivity contribution is 7.13. The number of hydrogen-bond acceptors (Lipinski definition) is 5. The second-order valence-electron chi connectivity index (χ2n) is 7.82. The van der Waals surface area contributed by atoms with Crippen molar-refractivity contribution in [1.29, 1.82) is 0 Å². The van der Waals surface area contributed by atoms with Gasteiger partial charge in [0.1, 0.15) is 5.69 Å². The fourth-order valence-corrected chi connectivity index (χ4v) is 5.07. The first kappa shape index (κ1) is 18.3. The van der Waals surface area contributed by atoms with Crippen molar-refractivity contribution in [2.24, 2.45) is 5.92 Å². The highest BCUT2D eigenvalue weighted by atomic mass is 32.1. The van der Waals surface area contributed by atoms with Gasteiger partial charge in [-0.1, -0.05) is 30.3 Å². The molecule has 1 atom stereocenters. The minimum Gasteiger partial charge on any atom is -0.354 e. The summed E-state index contributed by atoms with van der Waals surface area (Å²) in [5.41, 5.74) is 3.57. The lowest BCUT2D eigenvalue weighted by Gasteiger charge is -2.37. The largest absolute Gasteiger partial charge is 0.354 e. The number of aromatic nitrogens is 2. The molecular weight excluding hydrogens is 380 g/mol. The van der Waals surface area contributed by atoms with Crippen LogP contribution in [0.3, 0.4) is 0 Å². The number of fused-ring (bicyclic) bond motifs is 1. The van der Waals surface area contributed by atoms with Crippen molar-refractivity contribution in [2.45, 2.75) is 25.8 Å². The van der Waals surface area contributed by atoms with Gasteiger partial charge in [-0.25, -0.2) is 0 Å². The molecular formula is C23H24N4OS. The van der Waals surface area contributed by atoms with E-state index >= 15 is 0 Å². The van der Waals surface area contributed by atoms with Gasteiger partial charge >= 0.3 is 0 Å². The Hall–Kier alpha value is -2.73. The Balaban J connectivity index is 1.26. The highest BCUT2D eigenvalue weighted by Crippen LogP contribution is 2.27. The molecule has 2 aliphatic heterocycles. The normalized spacial score (nSPS) is 19.1. The van der Waals surface area contributed by atoms with Crippen LogP contribution < -0.4 is 4.90 Å². The number of benzene rings is 1. The molecule has 1 unspecified atom stereocenters. The summed E-state index contributed by atoms with van der Waals surface area (Å²) in [4.78, 5) is 18.6. The molecule has 29 heavy (non-hydrogen) atoms. The Kier molecular flexibility index (Phi) is 5.02. The molecule has 0 bridgehead atoms. The van der Waals surface area contributed by atoms with E-state index in [2.05, 4.69) is 45.4 Å². The molecule has 5 rings (SSSR count). The fraction of sp³-hybridized carbons (Fsp3) is 0.348. The van der Waals surface area contributed by atoms with Crippen LogP contribution in [0.15, 0.2) is 53.9 Å². The van der Waals surface area contributed by atoms with Crippen LogP contribution >= 0.6 is 11.3 Å². The molecule has 2 aliphatic rings. The third-order valence-electron chi connectivity index (χ3n) is 5.96. The molecule has 148 valence electrons. The Labute approximate surface area is 175 Å². The van der Waals surface area contributed by atoms with E-state index < -0.39 is 0 Å². The third-order valence-corrected chi connectivity index (χ3v) is 6.85. The summed E-state index contributed by atoms with van der Waals surface area (Å²) in [6, 6.07) is 16.6. The number of nitrogens with zero attached hydrogens (tertiary/aromatic N) is 4. The molecule has 4 heterocycles. The minimum atomic E-state index is 0.0350. The summed E-state index contributed by atoms with van der Waals surface area (Å²) < 4.78 is 0. The van der Waals surface area contributed by atoms with E-state index in [-0.39, 0.29) is 11.8 Å². The Morgan fingerprint density at radius 2 is 1.90 bits per heavy atom. The third kappa shape index (κ3) is 3.77. The number of amides is 1. The molecule has 0 aliphatic carbocycles.